The molecule has 1 amide bonds. The zero-order chi connectivity index (χ0) is 27.0. The highest BCUT2D eigenvalue weighted by Crippen LogP contribution is 2.36. The van der Waals surface area contributed by atoms with Crippen LogP contribution < -0.4 is 23.7 Å². The van der Waals surface area contributed by atoms with Crippen molar-refractivity contribution in [3.8, 4) is 23.0 Å². The van der Waals surface area contributed by atoms with Crippen LogP contribution in [0.2, 0.25) is 0 Å². The van der Waals surface area contributed by atoms with E-state index < -0.39 is 27.4 Å². The lowest BCUT2D eigenvalue weighted by molar-refractivity contribution is -0.120. The molecule has 0 saturated carbocycles. The number of amides is 1. The Kier molecular flexibility index (Phi) is 9.31. The molecule has 9 nitrogen and oxygen atoms in total. The van der Waals surface area contributed by atoms with Crippen molar-refractivity contribution in [1.29, 1.82) is 0 Å². The Morgan fingerprint density at radius 1 is 0.946 bits per heavy atom. The van der Waals surface area contributed by atoms with Crippen LogP contribution in [-0.2, 0) is 34.4 Å². The fraction of sp³-hybridized carbons (Fsp3) is 0.269. The maximum atomic E-state index is 13.6. The summed E-state index contributed by atoms with van der Waals surface area (Å²) in [6.07, 6.45) is 0.379. The Hall–Kier alpha value is -3.83. The van der Waals surface area contributed by atoms with Crippen molar-refractivity contribution in [3.05, 3.63) is 77.1 Å². The first-order valence-electron chi connectivity index (χ1n) is 11.2. The molecule has 2 N–H and O–H groups in total. The van der Waals surface area contributed by atoms with Gasteiger partial charge in [-0.15, -0.1) is 0 Å². The fourth-order valence-electron chi connectivity index (χ4n) is 3.64. The van der Waals surface area contributed by atoms with Gasteiger partial charge < -0.3 is 28.8 Å². The third-order valence-electron chi connectivity index (χ3n) is 5.51. The average molecular weight is 534 g/mol. The predicted octanol–water partition coefficient (Wildman–Crippen LogP) is 3.01. The van der Waals surface area contributed by atoms with E-state index in [4.69, 9.17) is 18.4 Å². The third kappa shape index (κ3) is 6.89. The number of carbonyl (C=O) groups is 1. The van der Waals surface area contributed by atoms with Gasteiger partial charge in [-0.2, -0.15) is 8.42 Å². The van der Waals surface area contributed by atoms with Gasteiger partial charge in [-0.25, -0.2) is 4.39 Å². The maximum absolute atomic E-state index is 13.6. The smallest absolute Gasteiger partial charge is 0.339 e. The number of benzene rings is 3. The molecule has 3 aromatic rings. The average Bonchev–Trinajstić information content (AvgIpc) is 2.88. The molecule has 0 unspecified atom stereocenters. The predicted molar refractivity (Wildman–Crippen MR) is 133 cm³/mol. The Bertz CT molecular complexity index is 1360. The van der Waals surface area contributed by atoms with E-state index in [1.165, 1.54) is 25.3 Å². The number of methoxy groups -OCH3 is 3. The number of hydrogen-bond donors (Lipinski definition) is 2. The highest BCUT2D eigenvalue weighted by Gasteiger charge is 2.24. The molecule has 3 rings (SSSR count). The number of carbonyl (C=O) groups excluding carboxylic acids is 1. The number of hydrogen-bond acceptors (Lipinski definition) is 8. The van der Waals surface area contributed by atoms with Gasteiger partial charge in [-0.05, 0) is 53.9 Å². The van der Waals surface area contributed by atoms with Gasteiger partial charge >= 0.3 is 10.1 Å². The first-order valence-corrected chi connectivity index (χ1v) is 12.6. The number of rotatable bonds is 12. The number of aliphatic hydroxyl groups excluding tert-OH is 1. The highest BCUT2D eigenvalue weighted by atomic mass is 32.2. The molecule has 0 aromatic heterocycles. The lowest BCUT2D eigenvalue weighted by Gasteiger charge is -2.17. The molecule has 0 spiro atoms. The molecule has 11 heteroatoms. The molecule has 198 valence electrons. The summed E-state index contributed by atoms with van der Waals surface area (Å²) in [6, 6.07) is 12.8. The van der Waals surface area contributed by atoms with E-state index in [1.54, 1.807) is 26.4 Å². The number of halogens is 1. The number of nitrogens with one attached hydrogen (secondary N) is 1. The van der Waals surface area contributed by atoms with Gasteiger partial charge in [0.25, 0.3) is 0 Å². The van der Waals surface area contributed by atoms with E-state index in [1.807, 2.05) is 12.1 Å². The topological polar surface area (TPSA) is 120 Å². The molecule has 0 fully saturated rings. The van der Waals surface area contributed by atoms with Crippen molar-refractivity contribution in [3.63, 3.8) is 0 Å². The van der Waals surface area contributed by atoms with Gasteiger partial charge in [-0.1, -0.05) is 18.2 Å². The minimum absolute atomic E-state index is 0.0293. The van der Waals surface area contributed by atoms with Gasteiger partial charge in [0.15, 0.2) is 23.0 Å². The largest absolute Gasteiger partial charge is 0.493 e. The van der Waals surface area contributed by atoms with Gasteiger partial charge in [0.1, 0.15) is 10.7 Å². The van der Waals surface area contributed by atoms with Crippen molar-refractivity contribution in [2.45, 2.75) is 24.3 Å². The van der Waals surface area contributed by atoms with Gasteiger partial charge in [0.05, 0.1) is 34.4 Å². The fourth-order valence-corrected chi connectivity index (χ4v) is 4.64. The summed E-state index contributed by atoms with van der Waals surface area (Å²) in [5, 5.41) is 12.8. The van der Waals surface area contributed by atoms with Crippen LogP contribution in [0, 0.1) is 5.82 Å². The lowest BCUT2D eigenvalue weighted by Crippen LogP contribution is -2.27. The van der Waals surface area contributed by atoms with Crippen molar-refractivity contribution in [2.24, 2.45) is 0 Å². The molecule has 3 aromatic carbocycles. The molecule has 0 aliphatic heterocycles. The minimum atomic E-state index is -4.45. The van der Waals surface area contributed by atoms with Crippen LogP contribution in [0.25, 0.3) is 0 Å². The second kappa shape index (κ2) is 12.4. The van der Waals surface area contributed by atoms with Gasteiger partial charge in [-0.3, -0.25) is 4.79 Å². The molecule has 0 saturated heterocycles. The zero-order valence-corrected chi connectivity index (χ0v) is 21.4. The lowest BCUT2D eigenvalue weighted by atomic mass is 10.0. The van der Waals surface area contributed by atoms with Gasteiger partial charge in [0.2, 0.25) is 5.91 Å². The molecule has 0 heterocycles. The van der Waals surface area contributed by atoms with Crippen LogP contribution in [0.15, 0.2) is 59.5 Å². The van der Waals surface area contributed by atoms with E-state index in [0.29, 0.717) is 30.0 Å². The minimum Gasteiger partial charge on any atom is -0.493 e. The summed E-state index contributed by atoms with van der Waals surface area (Å²) < 4.78 is 60.1. The van der Waals surface area contributed by atoms with Crippen LogP contribution in [0.3, 0.4) is 0 Å². The third-order valence-corrected chi connectivity index (χ3v) is 6.73. The van der Waals surface area contributed by atoms with E-state index in [-0.39, 0.29) is 29.4 Å². The number of aliphatic hydroxyl groups is 1. The maximum Gasteiger partial charge on any atom is 0.339 e. The van der Waals surface area contributed by atoms with Crippen LogP contribution in [0.1, 0.15) is 16.7 Å². The van der Waals surface area contributed by atoms with Crippen LogP contribution in [0.5, 0.6) is 23.0 Å². The summed E-state index contributed by atoms with van der Waals surface area (Å²) in [5.74, 6) is -0.162. The van der Waals surface area contributed by atoms with Crippen molar-refractivity contribution in [1.82, 2.24) is 5.32 Å². The molecule has 0 atom stereocenters. The first kappa shape index (κ1) is 27.8. The summed E-state index contributed by atoms with van der Waals surface area (Å²) in [6.45, 7) is -0.296. The Labute approximate surface area is 214 Å². The van der Waals surface area contributed by atoms with E-state index in [0.717, 1.165) is 17.7 Å². The molecule has 0 bridgehead atoms. The summed E-state index contributed by atoms with van der Waals surface area (Å²) in [7, 11) is -0.0619. The second-order valence-corrected chi connectivity index (χ2v) is 9.40. The van der Waals surface area contributed by atoms with E-state index >= 15 is 0 Å². The molecule has 0 aliphatic carbocycles. The van der Waals surface area contributed by atoms with Crippen LogP contribution in [0.4, 0.5) is 4.39 Å². The van der Waals surface area contributed by atoms with E-state index in [9.17, 15) is 22.7 Å². The van der Waals surface area contributed by atoms with Crippen LogP contribution in [-0.4, -0.2) is 47.3 Å². The van der Waals surface area contributed by atoms with Crippen molar-refractivity contribution < 1.29 is 41.1 Å². The summed E-state index contributed by atoms with van der Waals surface area (Å²) >= 11 is 0. The SMILES string of the molecule is COc1ccc(CCNC(=O)Cc2ccc(OC)c(OS(=O)(=O)c3cccc(F)c3)c2CO)cc1OC. The molecule has 37 heavy (non-hydrogen) atoms. The van der Waals surface area contributed by atoms with Crippen molar-refractivity contribution >= 4 is 16.0 Å². The van der Waals surface area contributed by atoms with Crippen LogP contribution >= 0.6 is 0 Å². The Balaban J connectivity index is 1.75. The normalized spacial score (nSPS) is 11.1. The Morgan fingerprint density at radius 3 is 2.30 bits per heavy atom. The molecular weight excluding hydrogens is 505 g/mol. The summed E-state index contributed by atoms with van der Waals surface area (Å²) in [4.78, 5) is 12.2. The highest BCUT2D eigenvalue weighted by molar-refractivity contribution is 7.87. The quantitative estimate of drug-likeness (QED) is 0.341. The molecular formula is C26H28FNO8S. The monoisotopic (exact) mass is 533 g/mol. The molecule has 0 aliphatic rings. The number of ether oxygens (including phenoxy) is 3. The first-order chi connectivity index (χ1) is 17.7. The van der Waals surface area contributed by atoms with E-state index in [2.05, 4.69) is 5.32 Å². The zero-order valence-electron chi connectivity index (χ0n) is 20.6. The molecule has 0 radical (unpaired) electrons. The summed E-state index contributed by atoms with van der Waals surface area (Å²) in [5.41, 5.74) is 1.34. The van der Waals surface area contributed by atoms with Gasteiger partial charge in [0, 0.05) is 12.1 Å². The van der Waals surface area contributed by atoms with Crippen molar-refractivity contribution in [2.75, 3.05) is 27.9 Å². The standard InChI is InChI=1S/C26H28FNO8S/c1-33-22-9-7-17(13-24(22)35-3)11-12-28-25(30)14-18-8-10-23(34-2)26(21(18)16-29)36-37(31,32)20-6-4-5-19(27)15-20/h4-10,13,15,29H,11-12,14,16H2,1-3H3,(H,28,30). The second-order valence-electron chi connectivity index (χ2n) is 7.85. The Morgan fingerprint density at radius 2 is 1.65 bits per heavy atom.